The first kappa shape index (κ1) is 16.6. The quantitative estimate of drug-likeness (QED) is 0.884. The van der Waals surface area contributed by atoms with Gasteiger partial charge in [-0.05, 0) is 19.8 Å². The molecule has 2 N–H and O–H groups in total. The van der Waals surface area contributed by atoms with Gasteiger partial charge in [0.1, 0.15) is 4.88 Å². The van der Waals surface area contributed by atoms with Crippen LogP contribution in [0.3, 0.4) is 0 Å². The molecule has 1 aliphatic rings. The molecular weight excluding hydrogens is 326 g/mol. The van der Waals surface area contributed by atoms with Gasteiger partial charge in [0.15, 0.2) is 0 Å². The number of H-pyrrole nitrogens is 1. The molecule has 0 radical (unpaired) electrons. The Morgan fingerprint density at radius 3 is 2.67 bits per heavy atom. The van der Waals surface area contributed by atoms with E-state index in [1.807, 2.05) is 11.8 Å². The Labute approximate surface area is 144 Å². The third kappa shape index (κ3) is 2.82. The number of aromatic nitrogens is 3. The lowest BCUT2D eigenvalue weighted by atomic mass is 9.76. The molecule has 2 aromatic rings. The number of thiazole rings is 1. The first-order chi connectivity index (χ1) is 11.5. The molecule has 8 heteroatoms. The van der Waals surface area contributed by atoms with Crippen molar-refractivity contribution in [3.05, 3.63) is 33.5 Å². The average molecular weight is 347 g/mol. The number of hydrogen-bond donors (Lipinski definition) is 2. The topological polar surface area (TPSA) is 91.0 Å². The van der Waals surface area contributed by atoms with Crippen molar-refractivity contribution in [2.75, 3.05) is 20.1 Å². The predicted molar refractivity (Wildman–Crippen MR) is 91.3 cm³/mol. The van der Waals surface area contributed by atoms with Crippen LogP contribution in [0.25, 0.3) is 0 Å². The summed E-state index contributed by atoms with van der Waals surface area (Å²) in [5.74, 6) is -0.0908. The normalized spacial score (nSPS) is 16.9. The maximum absolute atomic E-state index is 12.6. The fourth-order valence-corrected chi connectivity index (χ4v) is 3.93. The second-order valence-electron chi connectivity index (χ2n) is 6.36. The van der Waals surface area contributed by atoms with E-state index in [0.717, 1.165) is 24.2 Å². The first-order valence-corrected chi connectivity index (χ1v) is 8.79. The molecule has 2 amide bonds. The van der Waals surface area contributed by atoms with E-state index >= 15 is 0 Å². The number of amides is 2. The van der Waals surface area contributed by atoms with Crippen molar-refractivity contribution in [2.45, 2.75) is 32.1 Å². The molecule has 1 aliphatic heterocycles. The number of rotatable bonds is 3. The van der Waals surface area contributed by atoms with Gasteiger partial charge in [-0.2, -0.15) is 5.10 Å². The summed E-state index contributed by atoms with van der Waals surface area (Å²) in [7, 11) is 1.61. The van der Waals surface area contributed by atoms with Crippen LogP contribution >= 0.6 is 11.3 Å². The summed E-state index contributed by atoms with van der Waals surface area (Å²) in [6, 6.07) is 0. The Kier molecular flexibility index (Phi) is 4.40. The minimum absolute atomic E-state index is 0.0492. The third-order valence-electron chi connectivity index (χ3n) is 4.81. The monoisotopic (exact) mass is 347 g/mol. The molecule has 1 saturated heterocycles. The lowest BCUT2D eigenvalue weighted by Crippen LogP contribution is -2.44. The average Bonchev–Trinajstić information content (AvgIpc) is 3.23. The van der Waals surface area contributed by atoms with Crippen molar-refractivity contribution in [1.82, 2.24) is 25.4 Å². The molecular formula is C16H21N5O2S. The van der Waals surface area contributed by atoms with Gasteiger partial charge in [-0.1, -0.05) is 6.92 Å². The highest BCUT2D eigenvalue weighted by atomic mass is 32.1. The number of piperidine rings is 1. The van der Waals surface area contributed by atoms with Crippen LogP contribution in [-0.4, -0.2) is 52.0 Å². The van der Waals surface area contributed by atoms with Crippen LogP contribution < -0.4 is 5.32 Å². The molecule has 0 unspecified atom stereocenters. The number of nitrogens with one attached hydrogen (secondary N) is 2. The number of carbonyl (C=O) groups is 2. The Morgan fingerprint density at radius 2 is 2.08 bits per heavy atom. The van der Waals surface area contributed by atoms with Crippen LogP contribution in [0, 0.1) is 6.92 Å². The van der Waals surface area contributed by atoms with Gasteiger partial charge in [0.2, 0.25) is 0 Å². The Hall–Kier alpha value is -2.22. The van der Waals surface area contributed by atoms with E-state index in [2.05, 4.69) is 27.4 Å². The van der Waals surface area contributed by atoms with Crippen molar-refractivity contribution in [1.29, 1.82) is 0 Å². The van der Waals surface area contributed by atoms with Gasteiger partial charge in [0.05, 0.1) is 28.7 Å². The molecule has 0 aliphatic carbocycles. The second kappa shape index (κ2) is 6.35. The molecule has 0 atom stereocenters. The summed E-state index contributed by atoms with van der Waals surface area (Å²) in [6.45, 7) is 5.28. The predicted octanol–water partition coefficient (Wildman–Crippen LogP) is 1.73. The van der Waals surface area contributed by atoms with E-state index in [4.69, 9.17) is 0 Å². The Balaban J connectivity index is 1.75. The molecule has 7 nitrogen and oxygen atoms in total. The molecule has 2 aromatic heterocycles. The Bertz CT molecular complexity index is 758. The van der Waals surface area contributed by atoms with Crippen molar-refractivity contribution in [3.8, 4) is 0 Å². The van der Waals surface area contributed by atoms with Crippen molar-refractivity contribution in [3.63, 3.8) is 0 Å². The SMILES string of the molecule is CNC(=O)c1cn[nH]c1C1(C)CCN(C(=O)c2scnc2C)CC1. The highest BCUT2D eigenvalue weighted by Crippen LogP contribution is 2.36. The number of aryl methyl sites for hydroxylation is 1. The first-order valence-electron chi connectivity index (χ1n) is 7.91. The van der Waals surface area contributed by atoms with Crippen LogP contribution in [0.1, 0.15) is 51.2 Å². The highest BCUT2D eigenvalue weighted by Gasteiger charge is 2.37. The van der Waals surface area contributed by atoms with Crippen molar-refractivity contribution in [2.24, 2.45) is 0 Å². The van der Waals surface area contributed by atoms with Gasteiger partial charge in [-0.15, -0.1) is 11.3 Å². The standard InChI is InChI=1S/C16H21N5O2S/c1-10-12(24-9-18-10)15(23)21-6-4-16(2,5-7-21)13-11(8-19-20-13)14(22)17-3/h8-9H,4-7H2,1-3H3,(H,17,22)(H,19,20). The zero-order valence-electron chi connectivity index (χ0n) is 14.0. The summed E-state index contributed by atoms with van der Waals surface area (Å²) in [5.41, 5.74) is 3.73. The van der Waals surface area contributed by atoms with Crippen molar-refractivity contribution >= 4 is 23.2 Å². The molecule has 3 heterocycles. The fraction of sp³-hybridized carbons (Fsp3) is 0.500. The van der Waals surface area contributed by atoms with Gasteiger partial charge in [-0.25, -0.2) is 4.98 Å². The number of likely N-dealkylation sites (tertiary alicyclic amines) is 1. The van der Waals surface area contributed by atoms with Gasteiger partial charge in [0.25, 0.3) is 11.8 Å². The lowest BCUT2D eigenvalue weighted by Gasteiger charge is -2.39. The summed E-state index contributed by atoms with van der Waals surface area (Å²) < 4.78 is 0. The molecule has 0 spiro atoms. The van der Waals surface area contributed by atoms with E-state index in [9.17, 15) is 9.59 Å². The molecule has 0 bridgehead atoms. The largest absolute Gasteiger partial charge is 0.355 e. The molecule has 0 saturated carbocycles. The minimum Gasteiger partial charge on any atom is -0.355 e. The van der Waals surface area contributed by atoms with Crippen LogP contribution in [0.15, 0.2) is 11.7 Å². The van der Waals surface area contributed by atoms with Crippen molar-refractivity contribution < 1.29 is 9.59 Å². The summed E-state index contributed by atoms with van der Waals surface area (Å²) in [6.07, 6.45) is 3.13. The molecule has 24 heavy (non-hydrogen) atoms. The summed E-state index contributed by atoms with van der Waals surface area (Å²) in [4.78, 5) is 31.4. The minimum atomic E-state index is -0.197. The van der Waals surface area contributed by atoms with E-state index in [1.165, 1.54) is 11.3 Å². The van der Waals surface area contributed by atoms with Gasteiger partial charge in [0, 0.05) is 25.6 Å². The number of nitrogens with zero attached hydrogens (tertiary/aromatic N) is 3. The van der Waals surface area contributed by atoms with Gasteiger partial charge < -0.3 is 10.2 Å². The molecule has 128 valence electrons. The van der Waals surface area contributed by atoms with Crippen LogP contribution in [0.4, 0.5) is 0 Å². The maximum Gasteiger partial charge on any atom is 0.265 e. The highest BCUT2D eigenvalue weighted by molar-refractivity contribution is 7.11. The fourth-order valence-electron chi connectivity index (χ4n) is 3.16. The van der Waals surface area contributed by atoms with Crippen LogP contribution in [0.2, 0.25) is 0 Å². The van der Waals surface area contributed by atoms with Gasteiger partial charge >= 0.3 is 0 Å². The van der Waals surface area contributed by atoms with Crippen LogP contribution in [-0.2, 0) is 5.41 Å². The molecule has 3 rings (SSSR count). The summed E-state index contributed by atoms with van der Waals surface area (Å²) in [5, 5.41) is 9.68. The zero-order valence-corrected chi connectivity index (χ0v) is 14.9. The number of hydrogen-bond acceptors (Lipinski definition) is 5. The lowest BCUT2D eigenvalue weighted by molar-refractivity contribution is 0.0675. The number of carbonyl (C=O) groups excluding carboxylic acids is 2. The smallest absolute Gasteiger partial charge is 0.265 e. The Morgan fingerprint density at radius 1 is 1.38 bits per heavy atom. The number of aromatic amines is 1. The second-order valence-corrected chi connectivity index (χ2v) is 7.21. The maximum atomic E-state index is 12.6. The summed E-state index contributed by atoms with van der Waals surface area (Å²) >= 11 is 1.39. The van der Waals surface area contributed by atoms with E-state index in [1.54, 1.807) is 18.8 Å². The van der Waals surface area contributed by atoms with Crippen LogP contribution in [0.5, 0.6) is 0 Å². The molecule has 0 aromatic carbocycles. The zero-order chi connectivity index (χ0) is 17.3. The van der Waals surface area contributed by atoms with E-state index in [0.29, 0.717) is 23.5 Å². The molecule has 1 fully saturated rings. The van der Waals surface area contributed by atoms with E-state index < -0.39 is 0 Å². The van der Waals surface area contributed by atoms with Gasteiger partial charge in [-0.3, -0.25) is 14.7 Å². The third-order valence-corrected chi connectivity index (χ3v) is 5.73. The van der Waals surface area contributed by atoms with E-state index in [-0.39, 0.29) is 17.2 Å².